The van der Waals surface area contributed by atoms with Crippen molar-refractivity contribution in [2.75, 3.05) is 31.9 Å². The van der Waals surface area contributed by atoms with Crippen LogP contribution in [0.2, 0.25) is 0 Å². The maximum atomic E-state index is 13.1. The molecule has 0 spiro atoms. The highest BCUT2D eigenvalue weighted by molar-refractivity contribution is 7.89. The van der Waals surface area contributed by atoms with E-state index in [2.05, 4.69) is 0 Å². The van der Waals surface area contributed by atoms with Gasteiger partial charge in [0.25, 0.3) is 0 Å². The number of likely N-dealkylation sites (tertiary alicyclic amines) is 1. The second-order valence-electron chi connectivity index (χ2n) is 6.39. The van der Waals surface area contributed by atoms with Gasteiger partial charge < -0.3 is 4.90 Å². The third-order valence-electron chi connectivity index (χ3n) is 5.21. The van der Waals surface area contributed by atoms with Gasteiger partial charge in [0.1, 0.15) is 0 Å². The zero-order valence-electron chi connectivity index (χ0n) is 13.6. The Hall–Kier alpha value is -1.40. The molecule has 126 valence electrons. The molecule has 1 aromatic rings. The summed E-state index contributed by atoms with van der Waals surface area (Å²) in [5, 5.41) is 0. The van der Waals surface area contributed by atoms with Crippen molar-refractivity contribution < 1.29 is 13.2 Å². The number of piperidine rings is 1. The fourth-order valence-electron chi connectivity index (χ4n) is 3.53. The lowest BCUT2D eigenvalue weighted by Crippen LogP contribution is -2.56. The summed E-state index contributed by atoms with van der Waals surface area (Å²) in [6, 6.07) is 9.86. The minimum Gasteiger partial charge on any atom is -0.342 e. The molecule has 2 fully saturated rings. The van der Waals surface area contributed by atoms with E-state index in [4.69, 9.17) is 0 Å². The number of carbonyl (C=O) groups excluding carboxylic acids is 1. The molecule has 6 heteroatoms. The molecule has 2 aliphatic rings. The first-order valence-electron chi connectivity index (χ1n) is 8.32. The Morgan fingerprint density at radius 1 is 1.09 bits per heavy atom. The summed E-state index contributed by atoms with van der Waals surface area (Å²) in [7, 11) is -3.18. The van der Waals surface area contributed by atoms with Crippen LogP contribution in [-0.2, 0) is 20.2 Å². The maximum Gasteiger partial charge on any atom is 0.233 e. The topological polar surface area (TPSA) is 57.7 Å². The molecule has 2 aliphatic heterocycles. The summed E-state index contributed by atoms with van der Waals surface area (Å²) >= 11 is 0. The first kappa shape index (κ1) is 16.5. The maximum absolute atomic E-state index is 13.1. The third kappa shape index (κ3) is 2.90. The highest BCUT2D eigenvalue weighted by atomic mass is 32.2. The number of benzene rings is 1. The van der Waals surface area contributed by atoms with Gasteiger partial charge in [-0.1, -0.05) is 30.3 Å². The van der Waals surface area contributed by atoms with Crippen LogP contribution in [-0.4, -0.2) is 55.5 Å². The van der Waals surface area contributed by atoms with Crippen LogP contribution in [0.15, 0.2) is 30.3 Å². The van der Waals surface area contributed by atoms with Gasteiger partial charge in [-0.05, 0) is 31.7 Å². The molecule has 1 aromatic carbocycles. The Kier molecular flexibility index (Phi) is 4.47. The average molecular weight is 336 g/mol. The van der Waals surface area contributed by atoms with E-state index in [-0.39, 0.29) is 11.7 Å². The molecule has 3 rings (SSSR count). The molecule has 2 heterocycles. The largest absolute Gasteiger partial charge is 0.342 e. The zero-order valence-corrected chi connectivity index (χ0v) is 14.4. The number of rotatable bonds is 4. The van der Waals surface area contributed by atoms with Crippen LogP contribution in [0.4, 0.5) is 0 Å². The predicted octanol–water partition coefficient (Wildman–Crippen LogP) is 1.60. The van der Waals surface area contributed by atoms with Gasteiger partial charge in [0.05, 0.1) is 11.2 Å². The van der Waals surface area contributed by atoms with Crippen molar-refractivity contribution in [3.8, 4) is 0 Å². The molecule has 0 unspecified atom stereocenters. The van der Waals surface area contributed by atoms with Gasteiger partial charge >= 0.3 is 0 Å². The average Bonchev–Trinajstić information content (AvgIpc) is 2.54. The Morgan fingerprint density at radius 2 is 1.70 bits per heavy atom. The van der Waals surface area contributed by atoms with E-state index in [0.717, 1.165) is 25.1 Å². The van der Waals surface area contributed by atoms with Crippen LogP contribution < -0.4 is 0 Å². The minimum atomic E-state index is -3.18. The molecular formula is C17H24N2O3S. The summed E-state index contributed by atoms with van der Waals surface area (Å²) in [6.45, 7) is 4.16. The van der Waals surface area contributed by atoms with Gasteiger partial charge in [-0.2, -0.15) is 0 Å². The van der Waals surface area contributed by atoms with Gasteiger partial charge in [-0.3, -0.25) is 4.79 Å². The lowest BCUT2D eigenvalue weighted by molar-refractivity contribution is -0.142. The molecule has 0 bridgehead atoms. The summed E-state index contributed by atoms with van der Waals surface area (Å²) in [5.74, 6) is 0.286. The Balaban J connectivity index is 1.88. The third-order valence-corrected chi connectivity index (χ3v) is 7.09. The number of amides is 1. The number of nitrogens with zero attached hydrogens (tertiary/aromatic N) is 2. The van der Waals surface area contributed by atoms with E-state index < -0.39 is 15.4 Å². The predicted molar refractivity (Wildman–Crippen MR) is 89.6 cm³/mol. The van der Waals surface area contributed by atoms with E-state index in [1.165, 1.54) is 4.31 Å². The summed E-state index contributed by atoms with van der Waals surface area (Å²) in [6.07, 6.45) is 2.18. The Morgan fingerprint density at radius 3 is 2.17 bits per heavy atom. The monoisotopic (exact) mass is 336 g/mol. The van der Waals surface area contributed by atoms with E-state index in [1.54, 1.807) is 6.92 Å². The number of hydrogen-bond acceptors (Lipinski definition) is 3. The summed E-state index contributed by atoms with van der Waals surface area (Å²) < 4.78 is 25.7. The van der Waals surface area contributed by atoms with E-state index >= 15 is 0 Å². The summed E-state index contributed by atoms with van der Waals surface area (Å²) in [5.41, 5.74) is 0.451. The molecule has 0 aromatic heterocycles. The van der Waals surface area contributed by atoms with E-state index in [0.29, 0.717) is 25.9 Å². The van der Waals surface area contributed by atoms with E-state index in [1.807, 2.05) is 35.2 Å². The Labute approximate surface area is 138 Å². The second kappa shape index (κ2) is 6.24. The normalized spacial score (nSPS) is 21.7. The van der Waals surface area contributed by atoms with Crippen molar-refractivity contribution in [3.63, 3.8) is 0 Å². The minimum absolute atomic E-state index is 0.116. The summed E-state index contributed by atoms with van der Waals surface area (Å²) in [4.78, 5) is 15.0. The standard InChI is InChI=1S/C17H24N2O3S/c1-2-23(21,22)19-13-9-17(10-14-19,15-7-4-3-5-8-15)16(20)18-11-6-12-18/h3-5,7-8H,2,6,9-14H2,1H3. The van der Waals surface area contributed by atoms with E-state index in [9.17, 15) is 13.2 Å². The lowest BCUT2D eigenvalue weighted by atomic mass is 9.71. The van der Waals surface area contributed by atoms with Gasteiger partial charge in [-0.25, -0.2) is 12.7 Å². The van der Waals surface area contributed by atoms with Crippen LogP contribution in [0.3, 0.4) is 0 Å². The van der Waals surface area contributed by atoms with Gasteiger partial charge in [0.15, 0.2) is 0 Å². The first-order chi connectivity index (χ1) is 11.0. The highest BCUT2D eigenvalue weighted by Gasteiger charge is 2.47. The highest BCUT2D eigenvalue weighted by Crippen LogP contribution is 2.39. The van der Waals surface area contributed by atoms with Crippen LogP contribution in [0.1, 0.15) is 31.7 Å². The smallest absolute Gasteiger partial charge is 0.233 e. The van der Waals surface area contributed by atoms with Crippen molar-refractivity contribution >= 4 is 15.9 Å². The lowest BCUT2D eigenvalue weighted by Gasteiger charge is -2.45. The molecule has 2 saturated heterocycles. The second-order valence-corrected chi connectivity index (χ2v) is 8.65. The van der Waals surface area contributed by atoms with Crippen LogP contribution in [0, 0.1) is 0 Å². The van der Waals surface area contributed by atoms with Crippen molar-refractivity contribution in [1.82, 2.24) is 9.21 Å². The molecule has 23 heavy (non-hydrogen) atoms. The molecule has 0 radical (unpaired) electrons. The quantitative estimate of drug-likeness (QED) is 0.839. The molecule has 0 saturated carbocycles. The van der Waals surface area contributed by atoms with Gasteiger partial charge in [0, 0.05) is 26.2 Å². The van der Waals surface area contributed by atoms with Crippen LogP contribution in [0.5, 0.6) is 0 Å². The molecule has 1 amide bonds. The van der Waals surface area contributed by atoms with Crippen LogP contribution in [0.25, 0.3) is 0 Å². The molecular weight excluding hydrogens is 312 g/mol. The molecule has 0 atom stereocenters. The Bertz CT molecular complexity index is 660. The van der Waals surface area contributed by atoms with Gasteiger partial charge in [-0.15, -0.1) is 0 Å². The van der Waals surface area contributed by atoms with Crippen LogP contribution >= 0.6 is 0 Å². The first-order valence-corrected chi connectivity index (χ1v) is 9.93. The molecule has 0 aliphatic carbocycles. The fourth-order valence-corrected chi connectivity index (χ4v) is 4.64. The number of hydrogen-bond donors (Lipinski definition) is 0. The van der Waals surface area contributed by atoms with Crippen molar-refractivity contribution in [2.24, 2.45) is 0 Å². The molecule has 5 nitrogen and oxygen atoms in total. The fraction of sp³-hybridized carbons (Fsp3) is 0.588. The molecule has 0 N–H and O–H groups in total. The number of carbonyl (C=O) groups is 1. The van der Waals surface area contributed by atoms with Crippen molar-refractivity contribution in [2.45, 2.75) is 31.6 Å². The number of sulfonamides is 1. The van der Waals surface area contributed by atoms with Crippen molar-refractivity contribution in [1.29, 1.82) is 0 Å². The zero-order chi connectivity index (χ0) is 16.5. The van der Waals surface area contributed by atoms with Crippen molar-refractivity contribution in [3.05, 3.63) is 35.9 Å². The SMILES string of the molecule is CCS(=O)(=O)N1CCC(C(=O)N2CCC2)(c2ccccc2)CC1. The van der Waals surface area contributed by atoms with Gasteiger partial charge in [0.2, 0.25) is 15.9 Å².